The number of nitrogens with two attached hydrogens (primary N) is 1. The number of rotatable bonds is 8. The predicted octanol–water partition coefficient (Wildman–Crippen LogP) is 3.07. The molecular formula is C21H24N2O4. The number of benzene rings is 2. The molecule has 0 saturated carbocycles. The first-order valence-electron chi connectivity index (χ1n) is 9.15. The lowest BCUT2D eigenvalue weighted by Crippen LogP contribution is -2.41. The van der Waals surface area contributed by atoms with Gasteiger partial charge in [0.25, 0.3) is 0 Å². The lowest BCUT2D eigenvalue weighted by atomic mass is 10.0. The zero-order valence-corrected chi connectivity index (χ0v) is 15.1. The average Bonchev–Trinajstić information content (AvgIpc) is 3.05. The van der Waals surface area contributed by atoms with E-state index in [0.717, 1.165) is 29.5 Å². The van der Waals surface area contributed by atoms with Gasteiger partial charge in [0.2, 0.25) is 0 Å². The number of aliphatic carboxylic acids is 1. The van der Waals surface area contributed by atoms with Gasteiger partial charge in [-0.2, -0.15) is 0 Å². The highest BCUT2D eigenvalue weighted by Gasteiger charge is 2.22. The number of hydrogen-bond donors (Lipinski definition) is 3. The molecule has 0 spiro atoms. The fourth-order valence-electron chi connectivity index (χ4n) is 3.44. The maximum Gasteiger partial charge on any atom is 0.408 e. The van der Waals surface area contributed by atoms with Crippen LogP contribution < -0.4 is 11.1 Å². The number of fused-ring (bicyclic) bond motifs is 3. The van der Waals surface area contributed by atoms with E-state index in [-0.39, 0.29) is 6.61 Å². The van der Waals surface area contributed by atoms with Crippen LogP contribution in [-0.4, -0.2) is 29.8 Å². The normalized spacial score (nSPS) is 12.8. The molecule has 0 aliphatic heterocycles. The third kappa shape index (κ3) is 4.46. The van der Waals surface area contributed by atoms with E-state index < -0.39 is 18.1 Å². The van der Waals surface area contributed by atoms with Gasteiger partial charge in [0, 0.05) is 0 Å². The van der Waals surface area contributed by atoms with Gasteiger partial charge in [-0.15, -0.1) is 0 Å². The Morgan fingerprint density at radius 2 is 1.89 bits per heavy atom. The van der Waals surface area contributed by atoms with Crippen molar-refractivity contribution in [3.63, 3.8) is 0 Å². The van der Waals surface area contributed by atoms with Crippen molar-refractivity contribution in [1.82, 2.24) is 5.32 Å². The maximum absolute atomic E-state index is 12.1. The van der Waals surface area contributed by atoms with Crippen LogP contribution in [0, 0.1) is 0 Å². The summed E-state index contributed by atoms with van der Waals surface area (Å²) in [6.45, 7) is 0.608. The van der Waals surface area contributed by atoms with Crippen LogP contribution in [0.3, 0.4) is 0 Å². The second-order valence-electron chi connectivity index (χ2n) is 6.67. The second-order valence-corrected chi connectivity index (χ2v) is 6.67. The first-order chi connectivity index (χ1) is 13.1. The van der Waals surface area contributed by atoms with Crippen molar-refractivity contribution in [1.29, 1.82) is 0 Å². The molecule has 6 heteroatoms. The van der Waals surface area contributed by atoms with Crippen LogP contribution in [0.25, 0.3) is 11.1 Å². The van der Waals surface area contributed by atoms with Crippen LogP contribution in [0.2, 0.25) is 0 Å². The van der Waals surface area contributed by atoms with E-state index in [0.29, 0.717) is 19.4 Å². The summed E-state index contributed by atoms with van der Waals surface area (Å²) in [4.78, 5) is 23.3. The van der Waals surface area contributed by atoms with E-state index in [1.54, 1.807) is 0 Å². The van der Waals surface area contributed by atoms with Crippen LogP contribution in [0.4, 0.5) is 4.79 Å². The van der Waals surface area contributed by atoms with Crippen LogP contribution in [0.1, 0.15) is 36.0 Å². The molecule has 1 unspecified atom stereocenters. The first kappa shape index (κ1) is 18.9. The molecule has 0 saturated heterocycles. The van der Waals surface area contributed by atoms with Gasteiger partial charge in [-0.1, -0.05) is 42.5 Å². The molecule has 0 radical (unpaired) electrons. The summed E-state index contributed by atoms with van der Waals surface area (Å²) in [5.74, 6) is -1.07. The molecule has 2 aromatic carbocycles. The Balaban J connectivity index is 1.61. The molecular weight excluding hydrogens is 344 g/mol. The number of hydrogen-bond acceptors (Lipinski definition) is 4. The zero-order valence-electron chi connectivity index (χ0n) is 15.1. The van der Waals surface area contributed by atoms with E-state index in [1.165, 1.54) is 11.1 Å². The number of ether oxygens (including phenoxy) is 1. The summed E-state index contributed by atoms with van der Waals surface area (Å²) in [5.41, 5.74) is 11.2. The fourth-order valence-corrected chi connectivity index (χ4v) is 3.44. The largest absolute Gasteiger partial charge is 0.480 e. The molecule has 1 aliphatic carbocycles. The molecule has 6 nitrogen and oxygen atoms in total. The zero-order chi connectivity index (χ0) is 19.2. The van der Waals surface area contributed by atoms with Gasteiger partial charge in [-0.25, -0.2) is 9.59 Å². The second kappa shape index (κ2) is 8.68. The fraction of sp³-hybridized carbons (Fsp3) is 0.333. The van der Waals surface area contributed by atoms with Gasteiger partial charge in [0.15, 0.2) is 0 Å². The van der Waals surface area contributed by atoms with Crippen molar-refractivity contribution in [2.24, 2.45) is 5.73 Å². The van der Waals surface area contributed by atoms with Crippen molar-refractivity contribution in [3.8, 4) is 11.1 Å². The number of carboxylic acids is 1. The number of alkyl carbamates (subject to hydrolysis) is 1. The molecule has 0 heterocycles. The number of amides is 1. The van der Waals surface area contributed by atoms with E-state index in [2.05, 4.69) is 23.5 Å². The summed E-state index contributed by atoms with van der Waals surface area (Å²) >= 11 is 0. The number of unbranched alkanes of at least 4 members (excludes halogenated alkanes) is 1. The minimum atomic E-state index is -1.07. The molecule has 142 valence electrons. The Morgan fingerprint density at radius 1 is 1.11 bits per heavy atom. The predicted molar refractivity (Wildman–Crippen MR) is 102 cm³/mol. The molecule has 1 aliphatic rings. The highest BCUT2D eigenvalue weighted by molar-refractivity contribution is 5.80. The Hall–Kier alpha value is -2.86. The number of nitrogens with one attached hydrogen (secondary N) is 1. The number of carboxylic acid groups (broad SMARTS) is 1. The molecule has 0 bridgehead atoms. The molecule has 1 amide bonds. The topological polar surface area (TPSA) is 102 Å². The van der Waals surface area contributed by atoms with Crippen LogP contribution in [0.5, 0.6) is 0 Å². The summed E-state index contributed by atoms with van der Waals surface area (Å²) in [6, 6.07) is 13.2. The smallest absolute Gasteiger partial charge is 0.408 e. The minimum absolute atomic E-state index is 0.109. The molecule has 3 rings (SSSR count). The lowest BCUT2D eigenvalue weighted by molar-refractivity contribution is -0.139. The summed E-state index contributed by atoms with van der Waals surface area (Å²) in [7, 11) is 0. The Labute approximate surface area is 158 Å². The van der Waals surface area contributed by atoms with Gasteiger partial charge in [-0.05, 0) is 60.0 Å². The maximum atomic E-state index is 12.1. The van der Waals surface area contributed by atoms with Crippen molar-refractivity contribution in [3.05, 3.63) is 59.2 Å². The van der Waals surface area contributed by atoms with Gasteiger partial charge in [-0.3, -0.25) is 0 Å². The SMILES string of the molecule is NCCCCC(NC(=O)OCc1cccc2c1Cc1ccccc1-2)C(=O)O. The third-order valence-electron chi connectivity index (χ3n) is 4.84. The van der Waals surface area contributed by atoms with E-state index in [1.807, 2.05) is 24.3 Å². The molecule has 27 heavy (non-hydrogen) atoms. The van der Waals surface area contributed by atoms with Crippen LogP contribution in [-0.2, 0) is 22.6 Å². The van der Waals surface area contributed by atoms with E-state index in [9.17, 15) is 14.7 Å². The van der Waals surface area contributed by atoms with Crippen molar-refractivity contribution in [2.45, 2.75) is 38.3 Å². The molecule has 2 aromatic rings. The van der Waals surface area contributed by atoms with Crippen molar-refractivity contribution < 1.29 is 19.4 Å². The van der Waals surface area contributed by atoms with E-state index in [4.69, 9.17) is 10.5 Å². The van der Waals surface area contributed by atoms with Crippen LogP contribution >= 0.6 is 0 Å². The average molecular weight is 368 g/mol. The highest BCUT2D eigenvalue weighted by atomic mass is 16.5. The van der Waals surface area contributed by atoms with Crippen molar-refractivity contribution in [2.75, 3.05) is 6.54 Å². The van der Waals surface area contributed by atoms with Gasteiger partial charge in [0.1, 0.15) is 12.6 Å². The Morgan fingerprint density at radius 3 is 2.67 bits per heavy atom. The molecule has 0 fully saturated rings. The lowest BCUT2D eigenvalue weighted by Gasteiger charge is -2.15. The van der Waals surface area contributed by atoms with Gasteiger partial charge >= 0.3 is 12.1 Å². The summed E-state index contributed by atoms with van der Waals surface area (Å²) in [5, 5.41) is 11.7. The van der Waals surface area contributed by atoms with E-state index >= 15 is 0 Å². The molecule has 1 atom stereocenters. The first-order valence-corrected chi connectivity index (χ1v) is 9.15. The molecule has 4 N–H and O–H groups in total. The summed E-state index contributed by atoms with van der Waals surface area (Å²) < 4.78 is 5.30. The van der Waals surface area contributed by atoms with Crippen LogP contribution in [0.15, 0.2) is 42.5 Å². The third-order valence-corrected chi connectivity index (χ3v) is 4.84. The van der Waals surface area contributed by atoms with Gasteiger partial charge < -0.3 is 20.9 Å². The number of carbonyl (C=O) groups is 2. The Bertz CT molecular complexity index is 835. The monoisotopic (exact) mass is 368 g/mol. The molecule has 0 aromatic heterocycles. The van der Waals surface area contributed by atoms with Gasteiger partial charge in [0.05, 0.1) is 0 Å². The summed E-state index contributed by atoms with van der Waals surface area (Å²) in [6.07, 6.45) is 1.78. The van der Waals surface area contributed by atoms with Crippen molar-refractivity contribution >= 4 is 12.1 Å². The standard InChI is InChI=1S/C21H24N2O4/c22-11-4-3-10-19(20(24)25)23-21(26)27-13-15-7-5-9-17-16-8-2-1-6-14(16)12-18(15)17/h1-2,5-9,19H,3-4,10-13,22H2,(H,23,26)(H,24,25). The number of carbonyl (C=O) groups excluding carboxylic acids is 1. The highest BCUT2D eigenvalue weighted by Crippen LogP contribution is 2.38. The Kier molecular flexibility index (Phi) is 6.08. The minimum Gasteiger partial charge on any atom is -0.480 e. The quantitative estimate of drug-likeness (QED) is 0.531.